The average molecular weight is 170 g/mol. The summed E-state index contributed by atoms with van der Waals surface area (Å²) in [6.07, 6.45) is 0.590. The number of ketones is 1. The molecule has 1 rings (SSSR count). The molecule has 12 heavy (non-hydrogen) atoms. The van der Waals surface area contributed by atoms with E-state index in [-0.39, 0.29) is 5.78 Å². The zero-order valence-electron chi connectivity index (χ0n) is 7.37. The maximum Gasteiger partial charge on any atom is 0.191 e. The maximum absolute atomic E-state index is 10.7. The number of carbonyl (C=O) groups is 1. The van der Waals surface area contributed by atoms with Gasteiger partial charge in [0.25, 0.3) is 0 Å². The Hall–Kier alpha value is -0.870. The Morgan fingerprint density at radius 1 is 1.75 bits per heavy atom. The SMILES string of the molecule is CNCCN(C)C1=CC(=O)C1O. The van der Waals surface area contributed by atoms with Crippen molar-refractivity contribution in [1.82, 2.24) is 10.2 Å². The minimum Gasteiger partial charge on any atom is -0.379 e. The first kappa shape index (κ1) is 9.22. The van der Waals surface area contributed by atoms with Crippen LogP contribution in [0.25, 0.3) is 0 Å². The third kappa shape index (κ3) is 1.65. The Balaban J connectivity index is 2.39. The molecule has 0 aliphatic heterocycles. The molecular weight excluding hydrogens is 156 g/mol. The van der Waals surface area contributed by atoms with Crippen molar-refractivity contribution >= 4 is 5.78 Å². The summed E-state index contributed by atoms with van der Waals surface area (Å²) in [4.78, 5) is 12.5. The molecule has 0 saturated carbocycles. The van der Waals surface area contributed by atoms with Crippen LogP contribution in [-0.4, -0.2) is 49.1 Å². The molecule has 1 aliphatic rings. The van der Waals surface area contributed by atoms with Crippen LogP contribution in [0.3, 0.4) is 0 Å². The van der Waals surface area contributed by atoms with Crippen molar-refractivity contribution < 1.29 is 9.90 Å². The topological polar surface area (TPSA) is 52.6 Å². The fraction of sp³-hybridized carbons (Fsp3) is 0.625. The van der Waals surface area contributed by atoms with E-state index in [0.717, 1.165) is 18.8 Å². The summed E-state index contributed by atoms with van der Waals surface area (Å²) in [6.45, 7) is 1.64. The molecule has 0 fully saturated rings. The number of nitrogens with one attached hydrogen (secondary N) is 1. The van der Waals surface area contributed by atoms with E-state index in [4.69, 9.17) is 5.11 Å². The third-order valence-electron chi connectivity index (χ3n) is 1.98. The van der Waals surface area contributed by atoms with Crippen LogP contribution in [0.1, 0.15) is 0 Å². The van der Waals surface area contributed by atoms with Gasteiger partial charge in [-0.05, 0) is 7.05 Å². The van der Waals surface area contributed by atoms with Gasteiger partial charge in [-0.3, -0.25) is 4.79 Å². The standard InChI is InChI=1S/C8H14N2O2/c1-9-3-4-10(2)6-5-7(11)8(6)12/h5,8-9,12H,3-4H2,1-2H3. The molecule has 0 aromatic rings. The summed E-state index contributed by atoms with van der Waals surface area (Å²) < 4.78 is 0. The lowest BCUT2D eigenvalue weighted by molar-refractivity contribution is -0.124. The number of nitrogens with zero attached hydrogens (tertiary/aromatic N) is 1. The quantitative estimate of drug-likeness (QED) is 0.566. The molecule has 0 spiro atoms. The van der Waals surface area contributed by atoms with Crippen LogP contribution in [0.15, 0.2) is 11.8 Å². The van der Waals surface area contributed by atoms with Crippen LogP contribution < -0.4 is 5.32 Å². The van der Waals surface area contributed by atoms with E-state index in [9.17, 15) is 4.79 Å². The summed E-state index contributed by atoms with van der Waals surface area (Å²) in [5, 5.41) is 12.2. The van der Waals surface area contributed by atoms with Crippen LogP contribution in [0.2, 0.25) is 0 Å². The second kappa shape index (κ2) is 3.69. The lowest BCUT2D eigenvalue weighted by atomic mass is 9.99. The van der Waals surface area contributed by atoms with E-state index in [1.165, 1.54) is 6.08 Å². The van der Waals surface area contributed by atoms with E-state index in [1.54, 1.807) is 0 Å². The molecule has 4 nitrogen and oxygen atoms in total. The number of rotatable bonds is 4. The van der Waals surface area contributed by atoms with Crippen molar-refractivity contribution in [2.24, 2.45) is 0 Å². The zero-order valence-corrected chi connectivity index (χ0v) is 7.37. The number of carbonyl (C=O) groups excluding carboxylic acids is 1. The maximum atomic E-state index is 10.7. The van der Waals surface area contributed by atoms with E-state index < -0.39 is 6.10 Å². The van der Waals surface area contributed by atoms with Crippen LogP contribution in [0, 0.1) is 0 Å². The van der Waals surface area contributed by atoms with E-state index in [2.05, 4.69) is 5.32 Å². The normalized spacial score (nSPS) is 21.8. The van der Waals surface area contributed by atoms with Gasteiger partial charge in [0.05, 0.1) is 5.70 Å². The molecule has 0 aromatic carbocycles. The largest absolute Gasteiger partial charge is 0.379 e. The molecule has 0 saturated heterocycles. The highest BCUT2D eigenvalue weighted by Crippen LogP contribution is 2.17. The van der Waals surface area contributed by atoms with E-state index >= 15 is 0 Å². The minimum absolute atomic E-state index is 0.193. The molecule has 68 valence electrons. The highest BCUT2D eigenvalue weighted by Gasteiger charge is 2.30. The molecule has 1 aliphatic carbocycles. The van der Waals surface area contributed by atoms with Gasteiger partial charge in [-0.15, -0.1) is 0 Å². The summed E-state index contributed by atoms with van der Waals surface area (Å²) in [5.74, 6) is -0.193. The Kier molecular flexibility index (Phi) is 2.83. The van der Waals surface area contributed by atoms with Crippen LogP contribution in [-0.2, 0) is 4.79 Å². The monoisotopic (exact) mass is 170 g/mol. The van der Waals surface area contributed by atoms with Crippen molar-refractivity contribution in [1.29, 1.82) is 0 Å². The summed E-state index contributed by atoms with van der Waals surface area (Å²) in [7, 11) is 3.73. The van der Waals surface area contributed by atoms with Crippen LogP contribution >= 0.6 is 0 Å². The molecule has 0 radical (unpaired) electrons. The average Bonchev–Trinajstić information content (AvgIpc) is 2.09. The molecule has 0 aromatic heterocycles. The van der Waals surface area contributed by atoms with E-state index in [1.807, 2.05) is 19.0 Å². The second-order valence-corrected chi connectivity index (χ2v) is 2.90. The number of aliphatic hydroxyl groups excluding tert-OH is 1. The Labute approximate surface area is 71.9 Å². The molecule has 4 heteroatoms. The number of hydrogen-bond acceptors (Lipinski definition) is 4. The smallest absolute Gasteiger partial charge is 0.191 e. The van der Waals surface area contributed by atoms with Gasteiger partial charge in [0.1, 0.15) is 0 Å². The van der Waals surface area contributed by atoms with Crippen molar-refractivity contribution in [2.75, 3.05) is 27.2 Å². The Morgan fingerprint density at radius 3 is 2.83 bits per heavy atom. The number of aliphatic hydroxyl groups is 1. The van der Waals surface area contributed by atoms with Gasteiger partial charge in [0.2, 0.25) is 0 Å². The van der Waals surface area contributed by atoms with Gasteiger partial charge in [-0.25, -0.2) is 0 Å². The third-order valence-corrected chi connectivity index (χ3v) is 1.98. The van der Waals surface area contributed by atoms with Crippen molar-refractivity contribution in [3.8, 4) is 0 Å². The zero-order chi connectivity index (χ0) is 9.14. The summed E-state index contributed by atoms with van der Waals surface area (Å²) in [5.41, 5.74) is 0.718. The first-order chi connectivity index (χ1) is 5.66. The molecular formula is C8H14N2O2. The lowest BCUT2D eigenvalue weighted by Crippen LogP contribution is -2.41. The van der Waals surface area contributed by atoms with Gasteiger partial charge in [0, 0.05) is 26.2 Å². The van der Waals surface area contributed by atoms with Crippen molar-refractivity contribution in [2.45, 2.75) is 6.10 Å². The lowest BCUT2D eigenvalue weighted by Gasteiger charge is -2.30. The van der Waals surface area contributed by atoms with Gasteiger partial charge in [-0.2, -0.15) is 0 Å². The van der Waals surface area contributed by atoms with Crippen LogP contribution in [0.5, 0.6) is 0 Å². The fourth-order valence-corrected chi connectivity index (χ4v) is 1.08. The van der Waals surface area contributed by atoms with Gasteiger partial charge in [-0.1, -0.05) is 0 Å². The van der Waals surface area contributed by atoms with Gasteiger partial charge < -0.3 is 15.3 Å². The molecule has 0 bridgehead atoms. The Bertz CT molecular complexity index is 213. The molecule has 0 heterocycles. The fourth-order valence-electron chi connectivity index (χ4n) is 1.08. The van der Waals surface area contributed by atoms with Gasteiger partial charge >= 0.3 is 0 Å². The number of likely N-dealkylation sites (N-methyl/N-ethyl adjacent to an activating group) is 2. The minimum atomic E-state index is -0.883. The Morgan fingerprint density at radius 2 is 2.42 bits per heavy atom. The van der Waals surface area contributed by atoms with Crippen molar-refractivity contribution in [3.63, 3.8) is 0 Å². The first-order valence-electron chi connectivity index (χ1n) is 3.96. The molecule has 2 N–H and O–H groups in total. The highest BCUT2D eigenvalue weighted by atomic mass is 16.3. The van der Waals surface area contributed by atoms with Gasteiger partial charge in [0.15, 0.2) is 11.9 Å². The summed E-state index contributed by atoms with van der Waals surface area (Å²) >= 11 is 0. The van der Waals surface area contributed by atoms with Crippen molar-refractivity contribution in [3.05, 3.63) is 11.8 Å². The van der Waals surface area contributed by atoms with E-state index in [0.29, 0.717) is 0 Å². The summed E-state index contributed by atoms with van der Waals surface area (Å²) in [6, 6.07) is 0. The predicted molar refractivity (Wildman–Crippen MR) is 45.7 cm³/mol. The highest BCUT2D eigenvalue weighted by molar-refractivity contribution is 6.03. The predicted octanol–water partition coefficient (Wildman–Crippen LogP) is -1.03. The molecule has 1 atom stereocenters. The number of hydrogen-bond donors (Lipinski definition) is 2. The molecule has 0 amide bonds. The first-order valence-corrected chi connectivity index (χ1v) is 3.96. The molecule has 1 unspecified atom stereocenters. The van der Waals surface area contributed by atoms with Crippen LogP contribution in [0.4, 0.5) is 0 Å². The second-order valence-electron chi connectivity index (χ2n) is 2.90.